The van der Waals surface area contributed by atoms with Gasteiger partial charge in [0.2, 0.25) is 21.8 Å². The summed E-state index contributed by atoms with van der Waals surface area (Å²) in [4.78, 5) is 28.3. The first-order valence-electron chi connectivity index (χ1n) is 13.2. The van der Waals surface area contributed by atoms with Gasteiger partial charge in [-0.1, -0.05) is 57.2 Å². The lowest BCUT2D eigenvalue weighted by molar-refractivity contribution is -0.141. The molecule has 204 valence electrons. The summed E-state index contributed by atoms with van der Waals surface area (Å²) in [6.45, 7) is 10.4. The number of hydrogen-bond acceptors (Lipinski definition) is 4. The highest BCUT2D eigenvalue weighted by atomic mass is 32.2. The first-order valence-corrected chi connectivity index (χ1v) is 15.1. The van der Waals surface area contributed by atoms with Crippen LogP contribution in [0.3, 0.4) is 0 Å². The van der Waals surface area contributed by atoms with E-state index in [1.54, 1.807) is 17.0 Å². The summed E-state index contributed by atoms with van der Waals surface area (Å²) in [6.07, 6.45) is 3.81. The molecule has 2 rings (SSSR count). The number of hydrogen-bond donors (Lipinski definition) is 1. The van der Waals surface area contributed by atoms with E-state index >= 15 is 0 Å². The number of benzene rings is 2. The fourth-order valence-electron chi connectivity index (χ4n) is 4.23. The third kappa shape index (κ3) is 8.88. The summed E-state index contributed by atoms with van der Waals surface area (Å²) >= 11 is 0. The van der Waals surface area contributed by atoms with E-state index in [2.05, 4.69) is 5.32 Å². The summed E-state index contributed by atoms with van der Waals surface area (Å²) in [6, 6.07) is 14.7. The van der Waals surface area contributed by atoms with Crippen molar-refractivity contribution in [2.75, 3.05) is 17.1 Å². The SMILES string of the molecule is CCc1ccc(N(CCCC(=O)N(Cc2ccccc2C)[C@@H](CC)C(=O)N[C@H](C)CC)S(C)(=O)=O)cc1. The first-order chi connectivity index (χ1) is 17.5. The van der Waals surface area contributed by atoms with Gasteiger partial charge in [0.25, 0.3) is 0 Å². The van der Waals surface area contributed by atoms with Crippen LogP contribution in [0, 0.1) is 6.92 Å². The highest BCUT2D eigenvalue weighted by Gasteiger charge is 2.29. The molecule has 0 spiro atoms. The lowest BCUT2D eigenvalue weighted by Crippen LogP contribution is -2.50. The summed E-state index contributed by atoms with van der Waals surface area (Å²) in [5.74, 6) is -0.322. The standard InChI is InChI=1S/C29H43N3O4S/c1-7-23(5)30-29(34)27(9-3)31(21-25-14-11-10-13-22(25)4)28(33)15-12-20-32(37(6,35)36)26-18-16-24(8-2)17-19-26/h10-11,13-14,16-19,23,27H,7-9,12,15,20-21H2,1-6H3,(H,30,34)/t23-,27+/m1/s1. The predicted octanol–water partition coefficient (Wildman–Crippen LogP) is 4.83. The van der Waals surface area contributed by atoms with Crippen molar-refractivity contribution in [1.82, 2.24) is 10.2 Å². The summed E-state index contributed by atoms with van der Waals surface area (Å²) in [5, 5.41) is 3.02. The Morgan fingerprint density at radius 1 is 0.973 bits per heavy atom. The molecule has 0 bridgehead atoms. The van der Waals surface area contributed by atoms with Crippen molar-refractivity contribution >= 4 is 27.5 Å². The number of rotatable bonds is 14. The van der Waals surface area contributed by atoms with E-state index in [4.69, 9.17) is 0 Å². The molecule has 0 aliphatic heterocycles. The van der Waals surface area contributed by atoms with Crippen LogP contribution in [0.5, 0.6) is 0 Å². The van der Waals surface area contributed by atoms with Crippen LogP contribution in [0.2, 0.25) is 0 Å². The Hall–Kier alpha value is -2.87. The molecule has 7 nitrogen and oxygen atoms in total. The maximum Gasteiger partial charge on any atom is 0.243 e. The number of sulfonamides is 1. The zero-order valence-corrected chi connectivity index (χ0v) is 24.0. The van der Waals surface area contributed by atoms with Crippen LogP contribution < -0.4 is 9.62 Å². The Balaban J connectivity index is 2.23. The molecular weight excluding hydrogens is 486 g/mol. The Labute approximate surface area is 223 Å². The second kappa shape index (κ2) is 14.2. The molecule has 37 heavy (non-hydrogen) atoms. The van der Waals surface area contributed by atoms with E-state index in [1.807, 2.05) is 71.0 Å². The number of aryl methyl sites for hydroxylation is 2. The minimum Gasteiger partial charge on any atom is -0.352 e. The van der Waals surface area contributed by atoms with E-state index in [1.165, 1.54) is 10.6 Å². The minimum absolute atomic E-state index is 0.0133. The number of nitrogens with one attached hydrogen (secondary N) is 1. The van der Waals surface area contributed by atoms with Gasteiger partial charge in [0.1, 0.15) is 6.04 Å². The molecule has 0 saturated carbocycles. The minimum atomic E-state index is -3.52. The lowest BCUT2D eigenvalue weighted by atomic mass is 10.0. The third-order valence-electron chi connectivity index (χ3n) is 6.77. The van der Waals surface area contributed by atoms with Crippen molar-refractivity contribution in [2.24, 2.45) is 0 Å². The Bertz CT molecular complexity index is 1130. The van der Waals surface area contributed by atoms with Crippen LogP contribution >= 0.6 is 0 Å². The molecule has 2 amide bonds. The first kappa shape index (κ1) is 30.4. The van der Waals surface area contributed by atoms with Crippen LogP contribution in [0.1, 0.15) is 70.1 Å². The number of carbonyl (C=O) groups is 2. The van der Waals surface area contributed by atoms with Crippen LogP contribution in [0.4, 0.5) is 5.69 Å². The largest absolute Gasteiger partial charge is 0.352 e. The normalized spacial score (nSPS) is 13.0. The molecule has 0 heterocycles. The molecule has 1 N–H and O–H groups in total. The number of anilines is 1. The zero-order chi connectivity index (χ0) is 27.6. The van der Waals surface area contributed by atoms with Gasteiger partial charge in [-0.25, -0.2) is 8.42 Å². The molecule has 0 radical (unpaired) electrons. The van der Waals surface area contributed by atoms with Gasteiger partial charge in [-0.05, 0) is 68.4 Å². The van der Waals surface area contributed by atoms with Crippen molar-refractivity contribution < 1.29 is 18.0 Å². The summed E-state index contributed by atoms with van der Waals surface area (Å²) < 4.78 is 26.4. The summed E-state index contributed by atoms with van der Waals surface area (Å²) in [7, 11) is -3.52. The van der Waals surface area contributed by atoms with Crippen LogP contribution in [-0.2, 0) is 32.6 Å². The van der Waals surface area contributed by atoms with E-state index in [0.717, 1.165) is 29.5 Å². The maximum absolute atomic E-state index is 13.5. The Morgan fingerprint density at radius 2 is 1.62 bits per heavy atom. The molecule has 0 aliphatic rings. The molecule has 0 aromatic heterocycles. The van der Waals surface area contributed by atoms with Gasteiger partial charge in [-0.15, -0.1) is 0 Å². The van der Waals surface area contributed by atoms with Gasteiger partial charge in [0.05, 0.1) is 11.9 Å². The van der Waals surface area contributed by atoms with Gasteiger partial charge in [0, 0.05) is 25.6 Å². The van der Waals surface area contributed by atoms with Gasteiger partial charge in [-0.3, -0.25) is 13.9 Å². The van der Waals surface area contributed by atoms with Gasteiger partial charge in [-0.2, -0.15) is 0 Å². The summed E-state index contributed by atoms with van der Waals surface area (Å²) in [5.41, 5.74) is 3.75. The number of carbonyl (C=O) groups excluding carboxylic acids is 2. The van der Waals surface area contributed by atoms with Crippen molar-refractivity contribution in [3.63, 3.8) is 0 Å². The second-order valence-electron chi connectivity index (χ2n) is 9.65. The predicted molar refractivity (Wildman–Crippen MR) is 151 cm³/mol. The Kier molecular flexibility index (Phi) is 11.6. The fourth-order valence-corrected chi connectivity index (χ4v) is 5.20. The van der Waals surface area contributed by atoms with E-state index < -0.39 is 16.1 Å². The van der Waals surface area contributed by atoms with Crippen molar-refractivity contribution in [2.45, 2.75) is 85.4 Å². The van der Waals surface area contributed by atoms with Gasteiger partial charge >= 0.3 is 0 Å². The molecule has 8 heteroatoms. The van der Waals surface area contributed by atoms with Gasteiger partial charge < -0.3 is 10.2 Å². The quantitative estimate of drug-likeness (QED) is 0.380. The molecule has 0 fully saturated rings. The van der Waals surface area contributed by atoms with Crippen LogP contribution in [-0.4, -0.2) is 50.0 Å². The monoisotopic (exact) mass is 529 g/mol. The zero-order valence-electron chi connectivity index (χ0n) is 23.2. The average Bonchev–Trinajstić information content (AvgIpc) is 2.86. The van der Waals surface area contributed by atoms with Crippen LogP contribution in [0.15, 0.2) is 48.5 Å². The Morgan fingerprint density at radius 3 is 2.16 bits per heavy atom. The molecule has 0 unspecified atom stereocenters. The van der Waals surface area contributed by atoms with E-state index in [9.17, 15) is 18.0 Å². The molecular formula is C29H43N3O4S. The van der Waals surface area contributed by atoms with E-state index in [0.29, 0.717) is 25.1 Å². The van der Waals surface area contributed by atoms with Gasteiger partial charge in [0.15, 0.2) is 0 Å². The fraction of sp³-hybridized carbons (Fsp3) is 0.517. The molecule has 0 saturated heterocycles. The lowest BCUT2D eigenvalue weighted by Gasteiger charge is -2.32. The molecule has 2 atom stereocenters. The smallest absolute Gasteiger partial charge is 0.243 e. The average molecular weight is 530 g/mol. The maximum atomic E-state index is 13.5. The third-order valence-corrected chi connectivity index (χ3v) is 7.97. The topological polar surface area (TPSA) is 86.8 Å². The molecule has 2 aromatic rings. The van der Waals surface area contributed by atoms with E-state index in [-0.39, 0.29) is 30.8 Å². The highest BCUT2D eigenvalue weighted by Crippen LogP contribution is 2.21. The number of amides is 2. The number of nitrogens with zero attached hydrogens (tertiary/aromatic N) is 2. The molecule has 2 aromatic carbocycles. The molecule has 0 aliphatic carbocycles. The van der Waals surface area contributed by atoms with Crippen molar-refractivity contribution in [3.05, 3.63) is 65.2 Å². The van der Waals surface area contributed by atoms with Crippen molar-refractivity contribution in [3.8, 4) is 0 Å². The van der Waals surface area contributed by atoms with Crippen molar-refractivity contribution in [1.29, 1.82) is 0 Å². The highest BCUT2D eigenvalue weighted by molar-refractivity contribution is 7.92. The second-order valence-corrected chi connectivity index (χ2v) is 11.6. The van der Waals surface area contributed by atoms with Crippen LogP contribution in [0.25, 0.3) is 0 Å².